The van der Waals surface area contributed by atoms with Crippen molar-refractivity contribution < 1.29 is 4.39 Å². The van der Waals surface area contributed by atoms with Crippen LogP contribution < -0.4 is 0 Å². The van der Waals surface area contributed by atoms with Gasteiger partial charge in [0, 0.05) is 5.56 Å². The Morgan fingerprint density at radius 3 is 2.36 bits per heavy atom. The lowest BCUT2D eigenvalue weighted by Crippen LogP contribution is -1.84. The van der Waals surface area contributed by atoms with Crippen LogP contribution in [0.1, 0.15) is 11.1 Å². The highest BCUT2D eigenvalue weighted by Gasteiger charge is 1.99. The van der Waals surface area contributed by atoms with Crippen molar-refractivity contribution in [3.05, 3.63) is 48.3 Å². The number of hydrogen-bond donors (Lipinski definition) is 0. The molecule has 0 radical (unpaired) electrons. The molecule has 0 spiro atoms. The normalized spacial score (nSPS) is 9.18. The Hall–Kier alpha value is -1.37. The average molecular weight is 148 g/mol. The number of rotatable bonds is 2. The largest absolute Gasteiger partial charge is 0.206 e. The highest BCUT2D eigenvalue weighted by Crippen LogP contribution is 2.15. The number of hydrogen-bond acceptors (Lipinski definition) is 0. The SMILES string of the molecule is C=Cc1cccc(F)c1C=C. The van der Waals surface area contributed by atoms with Crippen LogP contribution in [0.4, 0.5) is 4.39 Å². The molecule has 0 heterocycles. The third kappa shape index (κ3) is 1.37. The first kappa shape index (κ1) is 7.73. The standard InChI is InChI=1S/C10H9F/c1-3-8-6-5-7-10(11)9(8)4-2/h3-7H,1-2H2. The van der Waals surface area contributed by atoms with Gasteiger partial charge in [-0.3, -0.25) is 0 Å². The predicted octanol–water partition coefficient (Wildman–Crippen LogP) is 3.11. The van der Waals surface area contributed by atoms with Crippen LogP contribution in [0.2, 0.25) is 0 Å². The molecular formula is C10H9F. The highest BCUT2D eigenvalue weighted by atomic mass is 19.1. The molecule has 11 heavy (non-hydrogen) atoms. The van der Waals surface area contributed by atoms with Gasteiger partial charge in [-0.15, -0.1) is 0 Å². The molecule has 0 aliphatic carbocycles. The van der Waals surface area contributed by atoms with Crippen molar-refractivity contribution in [2.24, 2.45) is 0 Å². The van der Waals surface area contributed by atoms with Gasteiger partial charge in [-0.1, -0.05) is 37.4 Å². The summed E-state index contributed by atoms with van der Waals surface area (Å²) in [5, 5.41) is 0. The summed E-state index contributed by atoms with van der Waals surface area (Å²) in [6.07, 6.45) is 3.10. The summed E-state index contributed by atoms with van der Waals surface area (Å²) >= 11 is 0. The van der Waals surface area contributed by atoms with Crippen LogP contribution in [0.5, 0.6) is 0 Å². The van der Waals surface area contributed by atoms with Gasteiger partial charge in [-0.25, -0.2) is 4.39 Å². The number of halogens is 1. The lowest BCUT2D eigenvalue weighted by atomic mass is 10.1. The maximum absolute atomic E-state index is 12.9. The van der Waals surface area contributed by atoms with Crippen LogP contribution >= 0.6 is 0 Å². The first-order chi connectivity index (χ1) is 5.29. The van der Waals surface area contributed by atoms with Gasteiger partial charge < -0.3 is 0 Å². The quantitative estimate of drug-likeness (QED) is 0.604. The molecule has 0 saturated heterocycles. The van der Waals surface area contributed by atoms with E-state index in [0.717, 1.165) is 5.56 Å². The molecule has 0 bridgehead atoms. The van der Waals surface area contributed by atoms with Crippen molar-refractivity contribution >= 4 is 12.2 Å². The summed E-state index contributed by atoms with van der Waals surface area (Å²) < 4.78 is 12.9. The van der Waals surface area contributed by atoms with Gasteiger partial charge in [-0.2, -0.15) is 0 Å². The Labute approximate surface area is 65.7 Å². The minimum absolute atomic E-state index is 0.252. The summed E-state index contributed by atoms with van der Waals surface area (Å²) in [6, 6.07) is 4.86. The van der Waals surface area contributed by atoms with Gasteiger partial charge in [-0.05, 0) is 11.6 Å². The van der Waals surface area contributed by atoms with Gasteiger partial charge in [0.05, 0.1) is 0 Å². The van der Waals surface area contributed by atoms with Gasteiger partial charge in [0.25, 0.3) is 0 Å². The first-order valence-corrected chi connectivity index (χ1v) is 3.33. The summed E-state index contributed by atoms with van der Waals surface area (Å²) in [5.41, 5.74) is 1.29. The Balaban J connectivity index is 3.35. The molecule has 0 atom stereocenters. The van der Waals surface area contributed by atoms with Gasteiger partial charge >= 0.3 is 0 Å². The Kier molecular flexibility index (Phi) is 2.21. The van der Waals surface area contributed by atoms with E-state index in [4.69, 9.17) is 0 Å². The van der Waals surface area contributed by atoms with Crippen LogP contribution in [-0.2, 0) is 0 Å². The second kappa shape index (κ2) is 3.15. The monoisotopic (exact) mass is 148 g/mol. The minimum atomic E-state index is -0.252. The zero-order valence-corrected chi connectivity index (χ0v) is 6.18. The Morgan fingerprint density at radius 1 is 1.18 bits per heavy atom. The van der Waals surface area contributed by atoms with E-state index in [9.17, 15) is 4.39 Å². The Bertz CT molecular complexity index is 287. The molecule has 0 N–H and O–H groups in total. The van der Waals surface area contributed by atoms with Gasteiger partial charge in [0.2, 0.25) is 0 Å². The molecule has 0 saturated carbocycles. The highest BCUT2D eigenvalue weighted by molar-refractivity contribution is 5.63. The average Bonchev–Trinajstić information content (AvgIpc) is 2.04. The third-order valence-electron chi connectivity index (χ3n) is 1.51. The lowest BCUT2D eigenvalue weighted by molar-refractivity contribution is 0.625. The molecule has 1 heteroatoms. The molecule has 1 rings (SSSR count). The fourth-order valence-corrected chi connectivity index (χ4v) is 0.947. The van der Waals surface area contributed by atoms with E-state index in [1.807, 2.05) is 0 Å². The molecular weight excluding hydrogens is 139 g/mol. The van der Waals surface area contributed by atoms with E-state index in [2.05, 4.69) is 13.2 Å². The smallest absolute Gasteiger partial charge is 0.131 e. The van der Waals surface area contributed by atoms with Crippen molar-refractivity contribution in [3.63, 3.8) is 0 Å². The minimum Gasteiger partial charge on any atom is -0.206 e. The molecule has 0 fully saturated rings. The van der Waals surface area contributed by atoms with E-state index in [-0.39, 0.29) is 5.82 Å². The van der Waals surface area contributed by atoms with Crippen LogP contribution in [0.15, 0.2) is 31.4 Å². The van der Waals surface area contributed by atoms with Gasteiger partial charge in [0.1, 0.15) is 5.82 Å². The van der Waals surface area contributed by atoms with E-state index in [1.54, 1.807) is 18.2 Å². The number of benzene rings is 1. The molecule has 0 aliphatic heterocycles. The van der Waals surface area contributed by atoms with Crippen LogP contribution in [0.3, 0.4) is 0 Å². The van der Waals surface area contributed by atoms with E-state index in [0.29, 0.717) is 5.56 Å². The lowest BCUT2D eigenvalue weighted by Gasteiger charge is -2.00. The zero-order chi connectivity index (χ0) is 8.27. The summed E-state index contributed by atoms with van der Waals surface area (Å²) in [5.74, 6) is -0.252. The second-order valence-corrected chi connectivity index (χ2v) is 2.15. The fraction of sp³-hybridized carbons (Fsp3) is 0. The van der Waals surface area contributed by atoms with Crippen LogP contribution in [0.25, 0.3) is 12.2 Å². The third-order valence-corrected chi connectivity index (χ3v) is 1.51. The molecule has 1 aromatic carbocycles. The summed E-state index contributed by atoms with van der Waals surface area (Å²) in [6.45, 7) is 7.08. The van der Waals surface area contributed by atoms with E-state index < -0.39 is 0 Å². The van der Waals surface area contributed by atoms with Crippen molar-refractivity contribution in [2.75, 3.05) is 0 Å². The first-order valence-electron chi connectivity index (χ1n) is 3.33. The molecule has 0 aromatic heterocycles. The predicted molar refractivity (Wildman–Crippen MR) is 46.6 cm³/mol. The molecule has 0 unspecified atom stereocenters. The molecule has 1 aromatic rings. The summed E-state index contributed by atoms with van der Waals surface area (Å²) in [7, 11) is 0. The molecule has 0 amide bonds. The van der Waals surface area contributed by atoms with E-state index >= 15 is 0 Å². The van der Waals surface area contributed by atoms with Gasteiger partial charge in [0.15, 0.2) is 0 Å². The van der Waals surface area contributed by atoms with Crippen molar-refractivity contribution in [2.45, 2.75) is 0 Å². The maximum Gasteiger partial charge on any atom is 0.131 e. The van der Waals surface area contributed by atoms with Crippen molar-refractivity contribution in [1.82, 2.24) is 0 Å². The molecule has 56 valence electrons. The van der Waals surface area contributed by atoms with Crippen molar-refractivity contribution in [3.8, 4) is 0 Å². The van der Waals surface area contributed by atoms with Crippen LogP contribution in [0, 0.1) is 5.82 Å². The zero-order valence-electron chi connectivity index (χ0n) is 6.18. The molecule has 0 nitrogen and oxygen atoms in total. The maximum atomic E-state index is 12.9. The second-order valence-electron chi connectivity index (χ2n) is 2.15. The Morgan fingerprint density at radius 2 is 1.91 bits per heavy atom. The topological polar surface area (TPSA) is 0 Å². The van der Waals surface area contributed by atoms with Crippen molar-refractivity contribution in [1.29, 1.82) is 0 Å². The van der Waals surface area contributed by atoms with E-state index in [1.165, 1.54) is 12.1 Å². The fourth-order valence-electron chi connectivity index (χ4n) is 0.947. The van der Waals surface area contributed by atoms with Crippen LogP contribution in [-0.4, -0.2) is 0 Å². The summed E-state index contributed by atoms with van der Waals surface area (Å²) in [4.78, 5) is 0. The molecule has 0 aliphatic rings.